The molecule has 0 spiro atoms. The van der Waals surface area contributed by atoms with Crippen LogP contribution in [0.5, 0.6) is 0 Å². The predicted octanol–water partition coefficient (Wildman–Crippen LogP) is 2.68. The van der Waals surface area contributed by atoms with Crippen molar-refractivity contribution < 1.29 is 0 Å². The molecule has 0 amide bonds. The summed E-state index contributed by atoms with van der Waals surface area (Å²) in [7, 11) is 6.30. The fourth-order valence-electron chi connectivity index (χ4n) is 3.20. The van der Waals surface area contributed by atoms with E-state index in [4.69, 9.17) is 0 Å². The standard InChI is InChI=1S/C16H29N5/c1-6-13-19-14(17-3)12(2)15(20-13)18-11-16(21(4)5)9-7-8-10-16/h6-11H2,1-5H3,(H2,17,18,19,20). The highest BCUT2D eigenvalue weighted by Gasteiger charge is 2.35. The molecular formula is C16H29N5. The molecule has 1 aromatic rings. The van der Waals surface area contributed by atoms with E-state index in [1.54, 1.807) is 0 Å². The Kier molecular flexibility index (Phi) is 5.04. The van der Waals surface area contributed by atoms with Crippen LogP contribution in [0.25, 0.3) is 0 Å². The van der Waals surface area contributed by atoms with Crippen molar-refractivity contribution in [3.8, 4) is 0 Å². The van der Waals surface area contributed by atoms with Crippen molar-refractivity contribution in [3.05, 3.63) is 11.4 Å². The Morgan fingerprint density at radius 3 is 2.29 bits per heavy atom. The van der Waals surface area contributed by atoms with E-state index in [1.807, 2.05) is 7.05 Å². The van der Waals surface area contributed by atoms with E-state index in [9.17, 15) is 0 Å². The van der Waals surface area contributed by atoms with Crippen molar-refractivity contribution >= 4 is 11.6 Å². The van der Waals surface area contributed by atoms with Crippen LogP contribution in [-0.4, -0.2) is 48.1 Å². The first-order valence-electron chi connectivity index (χ1n) is 7.99. The van der Waals surface area contributed by atoms with Crippen LogP contribution in [0.3, 0.4) is 0 Å². The van der Waals surface area contributed by atoms with Crippen molar-refractivity contribution in [2.75, 3.05) is 38.3 Å². The molecular weight excluding hydrogens is 262 g/mol. The molecule has 0 bridgehead atoms. The van der Waals surface area contributed by atoms with Crippen LogP contribution in [0.2, 0.25) is 0 Å². The zero-order valence-electron chi connectivity index (χ0n) is 14.1. The number of aryl methyl sites for hydroxylation is 1. The quantitative estimate of drug-likeness (QED) is 0.844. The van der Waals surface area contributed by atoms with Crippen molar-refractivity contribution in [1.82, 2.24) is 14.9 Å². The number of anilines is 2. The highest BCUT2D eigenvalue weighted by Crippen LogP contribution is 2.34. The molecule has 0 saturated heterocycles. The van der Waals surface area contributed by atoms with E-state index in [0.717, 1.165) is 36.0 Å². The second-order valence-electron chi connectivity index (χ2n) is 6.25. The van der Waals surface area contributed by atoms with Crippen LogP contribution in [0, 0.1) is 6.92 Å². The fourth-order valence-corrected chi connectivity index (χ4v) is 3.20. The van der Waals surface area contributed by atoms with Crippen LogP contribution in [0.15, 0.2) is 0 Å². The average molecular weight is 291 g/mol. The Morgan fingerprint density at radius 2 is 1.76 bits per heavy atom. The predicted molar refractivity (Wildman–Crippen MR) is 89.1 cm³/mol. The summed E-state index contributed by atoms with van der Waals surface area (Å²) >= 11 is 0. The lowest BCUT2D eigenvalue weighted by Crippen LogP contribution is -2.47. The summed E-state index contributed by atoms with van der Waals surface area (Å²) in [5.41, 5.74) is 1.37. The average Bonchev–Trinajstić information content (AvgIpc) is 2.96. The second-order valence-corrected chi connectivity index (χ2v) is 6.25. The molecule has 21 heavy (non-hydrogen) atoms. The van der Waals surface area contributed by atoms with Crippen molar-refractivity contribution in [3.63, 3.8) is 0 Å². The van der Waals surface area contributed by atoms with Crippen LogP contribution in [0.1, 0.15) is 44.0 Å². The minimum absolute atomic E-state index is 0.267. The molecule has 1 heterocycles. The van der Waals surface area contributed by atoms with Gasteiger partial charge in [-0.1, -0.05) is 19.8 Å². The van der Waals surface area contributed by atoms with Gasteiger partial charge in [-0.25, -0.2) is 9.97 Å². The molecule has 1 aromatic heterocycles. The van der Waals surface area contributed by atoms with Gasteiger partial charge < -0.3 is 15.5 Å². The lowest BCUT2D eigenvalue weighted by Gasteiger charge is -2.36. The zero-order chi connectivity index (χ0) is 15.5. The smallest absolute Gasteiger partial charge is 0.134 e. The normalized spacial score (nSPS) is 17.2. The SMILES string of the molecule is CCc1nc(NC)c(C)c(NCC2(N(C)C)CCCC2)n1. The minimum atomic E-state index is 0.267. The molecule has 5 heteroatoms. The van der Waals surface area contributed by atoms with E-state index in [0.29, 0.717) is 0 Å². The van der Waals surface area contributed by atoms with Gasteiger partial charge in [-0.15, -0.1) is 0 Å². The van der Waals surface area contributed by atoms with Gasteiger partial charge in [-0.2, -0.15) is 0 Å². The number of nitrogens with one attached hydrogen (secondary N) is 2. The summed E-state index contributed by atoms with van der Waals surface area (Å²) in [6.07, 6.45) is 6.02. The largest absolute Gasteiger partial charge is 0.373 e. The number of nitrogens with zero attached hydrogens (tertiary/aromatic N) is 3. The molecule has 0 radical (unpaired) electrons. The first-order valence-corrected chi connectivity index (χ1v) is 7.99. The van der Waals surface area contributed by atoms with Crippen molar-refractivity contribution in [1.29, 1.82) is 0 Å². The monoisotopic (exact) mass is 291 g/mol. The van der Waals surface area contributed by atoms with E-state index >= 15 is 0 Å². The highest BCUT2D eigenvalue weighted by molar-refractivity contribution is 5.57. The Bertz CT molecular complexity index is 478. The fraction of sp³-hybridized carbons (Fsp3) is 0.750. The van der Waals surface area contributed by atoms with Gasteiger partial charge in [-0.05, 0) is 33.9 Å². The van der Waals surface area contributed by atoms with Crippen LogP contribution < -0.4 is 10.6 Å². The third kappa shape index (κ3) is 3.28. The van der Waals surface area contributed by atoms with Gasteiger partial charge in [0, 0.05) is 31.1 Å². The molecule has 0 aliphatic heterocycles. The van der Waals surface area contributed by atoms with Crippen LogP contribution in [-0.2, 0) is 6.42 Å². The summed E-state index contributed by atoms with van der Waals surface area (Å²) in [4.78, 5) is 11.6. The molecule has 2 N–H and O–H groups in total. The van der Waals surface area contributed by atoms with E-state index in [2.05, 4.69) is 53.4 Å². The lowest BCUT2D eigenvalue weighted by molar-refractivity contribution is 0.172. The maximum absolute atomic E-state index is 4.67. The molecule has 1 aliphatic rings. The topological polar surface area (TPSA) is 53.1 Å². The summed E-state index contributed by atoms with van der Waals surface area (Å²) in [5, 5.41) is 6.76. The van der Waals surface area contributed by atoms with Gasteiger partial charge in [0.25, 0.3) is 0 Å². The Morgan fingerprint density at radius 1 is 1.14 bits per heavy atom. The van der Waals surface area contributed by atoms with Gasteiger partial charge in [0.05, 0.1) is 0 Å². The number of aromatic nitrogens is 2. The highest BCUT2D eigenvalue weighted by atomic mass is 15.2. The number of hydrogen-bond acceptors (Lipinski definition) is 5. The van der Waals surface area contributed by atoms with E-state index < -0.39 is 0 Å². The third-order valence-electron chi connectivity index (χ3n) is 4.81. The van der Waals surface area contributed by atoms with Gasteiger partial charge >= 0.3 is 0 Å². The molecule has 1 saturated carbocycles. The Hall–Kier alpha value is -1.36. The Balaban J connectivity index is 2.19. The molecule has 5 nitrogen and oxygen atoms in total. The summed E-state index contributed by atoms with van der Waals surface area (Å²) in [6.45, 7) is 5.11. The van der Waals surface area contributed by atoms with Crippen molar-refractivity contribution in [2.45, 2.75) is 51.5 Å². The lowest BCUT2D eigenvalue weighted by atomic mass is 9.96. The second kappa shape index (κ2) is 6.60. The molecule has 0 atom stereocenters. The molecule has 1 aliphatic carbocycles. The summed E-state index contributed by atoms with van der Waals surface area (Å²) in [5.74, 6) is 2.78. The number of hydrogen-bond donors (Lipinski definition) is 2. The maximum atomic E-state index is 4.67. The third-order valence-corrected chi connectivity index (χ3v) is 4.81. The van der Waals surface area contributed by atoms with Crippen LogP contribution in [0.4, 0.5) is 11.6 Å². The van der Waals surface area contributed by atoms with Gasteiger partial charge in [0.15, 0.2) is 0 Å². The molecule has 0 aromatic carbocycles. The molecule has 1 fully saturated rings. The summed E-state index contributed by atoms with van der Waals surface area (Å²) < 4.78 is 0. The number of likely N-dealkylation sites (N-methyl/N-ethyl adjacent to an activating group) is 1. The first kappa shape index (κ1) is 16.0. The Labute approximate surface area is 128 Å². The number of rotatable bonds is 6. The first-order chi connectivity index (χ1) is 10.0. The molecule has 118 valence electrons. The van der Waals surface area contributed by atoms with Gasteiger partial charge in [-0.3, -0.25) is 0 Å². The molecule has 0 unspecified atom stereocenters. The van der Waals surface area contributed by atoms with Gasteiger partial charge in [0.1, 0.15) is 17.5 Å². The summed E-state index contributed by atoms with van der Waals surface area (Å²) in [6, 6.07) is 0. The minimum Gasteiger partial charge on any atom is -0.373 e. The van der Waals surface area contributed by atoms with Crippen molar-refractivity contribution in [2.24, 2.45) is 0 Å². The maximum Gasteiger partial charge on any atom is 0.134 e. The van der Waals surface area contributed by atoms with Crippen LogP contribution >= 0.6 is 0 Å². The molecule has 2 rings (SSSR count). The zero-order valence-corrected chi connectivity index (χ0v) is 14.1. The van der Waals surface area contributed by atoms with E-state index in [1.165, 1.54) is 25.7 Å². The van der Waals surface area contributed by atoms with Gasteiger partial charge in [0.2, 0.25) is 0 Å². The van der Waals surface area contributed by atoms with E-state index in [-0.39, 0.29) is 5.54 Å².